The standard InChI is InChI=1S/C24H34N2S8/c1-3-5-7-9-15-27-19-21(29-17-11-13-25)33-23(31-19)24-32-20(28-16-10-8-6-4-2)22(34-24)30-18-12-14-26/h3-12,15-18H2,1-2H3/b24-23-. The monoisotopic (exact) mass is 606 g/mol. The van der Waals surface area contributed by atoms with E-state index >= 15 is 0 Å². The van der Waals surface area contributed by atoms with Crippen LogP contribution in [0.4, 0.5) is 0 Å². The second-order valence-corrected chi connectivity index (χ2v) is 17.5. The maximum atomic E-state index is 8.98. The molecule has 0 amide bonds. The second kappa shape index (κ2) is 20.0. The molecular weight excluding hydrogens is 573 g/mol. The van der Waals surface area contributed by atoms with E-state index in [1.807, 2.05) is 94.1 Å². The molecule has 0 fully saturated rings. The summed E-state index contributed by atoms with van der Waals surface area (Å²) in [6, 6.07) is 4.57. The minimum absolute atomic E-state index is 0.600. The zero-order valence-electron chi connectivity index (χ0n) is 20.1. The Hall–Kier alpha value is 1.000. The van der Waals surface area contributed by atoms with Crippen molar-refractivity contribution in [1.82, 2.24) is 0 Å². The Morgan fingerprint density at radius 3 is 1.21 bits per heavy atom. The smallest absolute Gasteiger partial charge is 0.0717 e. The number of rotatable bonds is 18. The highest BCUT2D eigenvalue weighted by Crippen LogP contribution is 2.66. The molecule has 0 saturated heterocycles. The van der Waals surface area contributed by atoms with E-state index in [0.717, 1.165) is 11.5 Å². The van der Waals surface area contributed by atoms with Gasteiger partial charge in [-0.1, -0.05) is 99.4 Å². The predicted molar refractivity (Wildman–Crippen MR) is 170 cm³/mol. The lowest BCUT2D eigenvalue weighted by molar-refractivity contribution is 0.707. The van der Waals surface area contributed by atoms with Crippen LogP contribution in [-0.4, -0.2) is 23.0 Å². The van der Waals surface area contributed by atoms with Crippen LogP contribution in [0.15, 0.2) is 25.4 Å². The van der Waals surface area contributed by atoms with Gasteiger partial charge in [0.2, 0.25) is 0 Å². The number of hydrogen-bond donors (Lipinski definition) is 0. The van der Waals surface area contributed by atoms with Crippen molar-refractivity contribution in [3.8, 4) is 12.1 Å². The van der Waals surface area contributed by atoms with Crippen molar-refractivity contribution in [1.29, 1.82) is 10.5 Å². The summed E-state index contributed by atoms with van der Waals surface area (Å²) in [4.78, 5) is 0. The molecule has 0 bridgehead atoms. The highest BCUT2D eigenvalue weighted by Gasteiger charge is 2.30. The molecule has 2 aliphatic rings. The molecule has 2 heterocycles. The molecule has 34 heavy (non-hydrogen) atoms. The maximum Gasteiger partial charge on any atom is 0.0717 e. The lowest BCUT2D eigenvalue weighted by Gasteiger charge is -2.04. The number of nitriles is 2. The molecule has 0 spiro atoms. The summed E-state index contributed by atoms with van der Waals surface area (Å²) in [6.07, 6.45) is 11.6. The third-order valence-electron chi connectivity index (χ3n) is 4.60. The molecule has 0 radical (unpaired) electrons. The van der Waals surface area contributed by atoms with Gasteiger partial charge in [0.1, 0.15) is 0 Å². The Bertz CT molecular complexity index is 741. The summed E-state index contributed by atoms with van der Waals surface area (Å²) >= 11 is 15.5. The SMILES string of the molecule is CCCCCCSC1=C(SCCC#N)S/C(=C2\SC(SCCC#N)=C(SCCCCCC)S2)S1. The van der Waals surface area contributed by atoms with Crippen molar-refractivity contribution in [2.24, 2.45) is 0 Å². The van der Waals surface area contributed by atoms with E-state index in [1.54, 1.807) is 0 Å². The molecular formula is C24H34N2S8. The van der Waals surface area contributed by atoms with Crippen molar-refractivity contribution in [2.75, 3.05) is 23.0 Å². The molecule has 0 aromatic rings. The summed E-state index contributed by atoms with van der Waals surface area (Å²) in [5.41, 5.74) is 0. The van der Waals surface area contributed by atoms with Gasteiger partial charge < -0.3 is 0 Å². The second-order valence-electron chi connectivity index (χ2n) is 7.46. The molecule has 2 aliphatic heterocycles. The Balaban J connectivity index is 2.02. The fourth-order valence-corrected chi connectivity index (χ4v) is 14.8. The van der Waals surface area contributed by atoms with Crippen LogP contribution in [0.5, 0.6) is 0 Å². The molecule has 188 valence electrons. The fourth-order valence-electron chi connectivity index (χ4n) is 2.83. The first-order valence-electron chi connectivity index (χ1n) is 11.9. The summed E-state index contributed by atoms with van der Waals surface area (Å²) in [5.74, 6) is 4.10. The lowest BCUT2D eigenvalue weighted by Crippen LogP contribution is -1.82. The van der Waals surface area contributed by atoms with Gasteiger partial charge in [-0.3, -0.25) is 0 Å². The molecule has 2 rings (SSSR count). The molecule has 0 aromatic carbocycles. The fraction of sp³-hybridized carbons (Fsp3) is 0.667. The van der Waals surface area contributed by atoms with Crippen LogP contribution in [0.25, 0.3) is 0 Å². The Morgan fingerprint density at radius 1 is 0.529 bits per heavy atom. The Kier molecular flexibility index (Phi) is 18.4. The average Bonchev–Trinajstić information content (AvgIpc) is 3.43. The molecule has 0 atom stereocenters. The van der Waals surface area contributed by atoms with Crippen molar-refractivity contribution in [3.63, 3.8) is 0 Å². The average molecular weight is 607 g/mol. The summed E-state index contributed by atoms with van der Waals surface area (Å²) in [7, 11) is 0. The summed E-state index contributed by atoms with van der Waals surface area (Å²) in [5, 5.41) is 18.0. The minimum Gasteiger partial charge on any atom is -0.198 e. The van der Waals surface area contributed by atoms with E-state index in [2.05, 4.69) is 26.0 Å². The molecule has 0 aliphatic carbocycles. The number of thioether (sulfide) groups is 8. The van der Waals surface area contributed by atoms with Gasteiger partial charge >= 0.3 is 0 Å². The zero-order valence-corrected chi connectivity index (χ0v) is 26.6. The van der Waals surface area contributed by atoms with Crippen LogP contribution in [0.2, 0.25) is 0 Å². The van der Waals surface area contributed by atoms with E-state index in [1.165, 1.54) is 88.3 Å². The normalized spacial score (nSPS) is 18.1. The number of unbranched alkanes of at least 4 members (excludes halogenated alkanes) is 6. The molecule has 10 heteroatoms. The number of nitrogens with zero attached hydrogens (tertiary/aromatic N) is 2. The van der Waals surface area contributed by atoms with E-state index in [0.29, 0.717) is 12.8 Å². The quantitative estimate of drug-likeness (QED) is 0.141. The van der Waals surface area contributed by atoms with Crippen LogP contribution < -0.4 is 0 Å². The van der Waals surface area contributed by atoms with Crippen LogP contribution in [0.3, 0.4) is 0 Å². The van der Waals surface area contributed by atoms with Crippen LogP contribution in [0, 0.1) is 22.7 Å². The molecule has 2 nitrogen and oxygen atoms in total. The van der Waals surface area contributed by atoms with Crippen LogP contribution in [-0.2, 0) is 0 Å². The molecule has 0 saturated carbocycles. The molecule has 0 aromatic heterocycles. The summed E-state index contributed by atoms with van der Waals surface area (Å²) < 4.78 is 8.48. The first kappa shape index (κ1) is 31.2. The Labute approximate surface area is 241 Å². The first-order chi connectivity index (χ1) is 16.7. The minimum atomic E-state index is 0.600. The lowest BCUT2D eigenvalue weighted by atomic mass is 10.2. The van der Waals surface area contributed by atoms with Gasteiger partial charge in [0.05, 0.1) is 37.6 Å². The zero-order chi connectivity index (χ0) is 24.4. The van der Waals surface area contributed by atoms with Crippen molar-refractivity contribution in [2.45, 2.75) is 78.1 Å². The number of hydrogen-bond acceptors (Lipinski definition) is 10. The third-order valence-corrected chi connectivity index (χ3v) is 16.3. The van der Waals surface area contributed by atoms with Gasteiger partial charge in [0, 0.05) is 24.3 Å². The van der Waals surface area contributed by atoms with Crippen LogP contribution >= 0.6 is 94.1 Å². The highest BCUT2D eigenvalue weighted by atomic mass is 32.3. The Morgan fingerprint density at radius 2 is 0.882 bits per heavy atom. The van der Waals surface area contributed by atoms with Crippen molar-refractivity contribution >= 4 is 94.1 Å². The van der Waals surface area contributed by atoms with Crippen molar-refractivity contribution < 1.29 is 0 Å². The van der Waals surface area contributed by atoms with E-state index < -0.39 is 0 Å². The van der Waals surface area contributed by atoms with Crippen molar-refractivity contribution in [3.05, 3.63) is 25.4 Å². The van der Waals surface area contributed by atoms with Crippen LogP contribution in [0.1, 0.15) is 78.1 Å². The van der Waals surface area contributed by atoms with Gasteiger partial charge in [-0.2, -0.15) is 10.5 Å². The van der Waals surface area contributed by atoms with E-state index in [9.17, 15) is 0 Å². The summed E-state index contributed by atoms with van der Waals surface area (Å²) in [6.45, 7) is 4.52. The van der Waals surface area contributed by atoms with E-state index in [-0.39, 0.29) is 0 Å². The molecule has 0 N–H and O–H groups in total. The van der Waals surface area contributed by atoms with E-state index in [4.69, 9.17) is 10.5 Å². The maximum absolute atomic E-state index is 8.98. The largest absolute Gasteiger partial charge is 0.198 e. The van der Waals surface area contributed by atoms with Gasteiger partial charge in [-0.15, -0.1) is 47.0 Å². The van der Waals surface area contributed by atoms with Gasteiger partial charge in [0.15, 0.2) is 0 Å². The van der Waals surface area contributed by atoms with Gasteiger partial charge in [-0.05, 0) is 24.3 Å². The first-order valence-corrected chi connectivity index (χ1v) is 19.1. The molecule has 0 unspecified atom stereocenters. The van der Waals surface area contributed by atoms with Gasteiger partial charge in [-0.25, -0.2) is 0 Å². The topological polar surface area (TPSA) is 47.6 Å². The highest BCUT2D eigenvalue weighted by molar-refractivity contribution is 8.45. The predicted octanol–water partition coefficient (Wildman–Crippen LogP) is 11.2. The third kappa shape index (κ3) is 12.0. The van der Waals surface area contributed by atoms with Gasteiger partial charge in [0.25, 0.3) is 0 Å².